The minimum atomic E-state index is -0.427. The summed E-state index contributed by atoms with van der Waals surface area (Å²) in [4.78, 5) is 0. The van der Waals surface area contributed by atoms with E-state index in [1.54, 1.807) is 19.2 Å². The molecular weight excluding hydrogens is 235 g/mol. The molecule has 4 heteroatoms. The molecule has 0 aliphatic rings. The van der Waals surface area contributed by atoms with E-state index in [9.17, 15) is 5.11 Å². The van der Waals surface area contributed by atoms with Crippen LogP contribution in [0, 0.1) is 0 Å². The number of methoxy groups -OCH3 is 1. The van der Waals surface area contributed by atoms with Crippen LogP contribution in [0.4, 0.5) is 0 Å². The Morgan fingerprint density at radius 3 is 2.73 bits per heavy atom. The molecule has 0 heterocycles. The lowest BCUT2D eigenvalue weighted by atomic mass is 10.1. The van der Waals surface area contributed by atoms with Gasteiger partial charge in [0.05, 0.1) is 6.10 Å². The maximum absolute atomic E-state index is 9.66. The van der Waals surface area contributed by atoms with E-state index >= 15 is 0 Å². The minimum absolute atomic E-state index is 0.427. The van der Waals surface area contributed by atoms with Crippen molar-refractivity contribution in [2.75, 3.05) is 13.7 Å². The Morgan fingerprint density at radius 1 is 1.40 bits per heavy atom. The average molecular weight is 249 g/mol. The van der Waals surface area contributed by atoms with Gasteiger partial charge in [-0.15, -0.1) is 0 Å². The molecule has 0 radical (unpaired) electrons. The standard InChI is InChI=1S/C11H14Cl2O2/c1-15-5-4-10(14)6-8-2-3-9(12)7-11(8)13/h2-3,7,10,14H,4-6H2,1H3. The molecule has 2 nitrogen and oxygen atoms in total. The zero-order chi connectivity index (χ0) is 11.3. The zero-order valence-electron chi connectivity index (χ0n) is 8.54. The van der Waals surface area contributed by atoms with Crippen LogP contribution < -0.4 is 0 Å². The van der Waals surface area contributed by atoms with E-state index in [0.717, 1.165) is 5.56 Å². The number of halogens is 2. The lowest BCUT2D eigenvalue weighted by Gasteiger charge is -2.11. The van der Waals surface area contributed by atoms with Gasteiger partial charge in [-0.2, -0.15) is 0 Å². The van der Waals surface area contributed by atoms with Crippen molar-refractivity contribution >= 4 is 23.2 Å². The van der Waals surface area contributed by atoms with Gasteiger partial charge < -0.3 is 9.84 Å². The second kappa shape index (κ2) is 6.33. The molecule has 1 aromatic carbocycles. The SMILES string of the molecule is COCCC(O)Cc1ccc(Cl)cc1Cl. The molecule has 0 bridgehead atoms. The van der Waals surface area contributed by atoms with E-state index in [1.807, 2.05) is 6.07 Å². The number of aliphatic hydroxyl groups is 1. The maximum atomic E-state index is 9.66. The molecule has 84 valence electrons. The van der Waals surface area contributed by atoms with Crippen molar-refractivity contribution < 1.29 is 9.84 Å². The quantitative estimate of drug-likeness (QED) is 0.869. The van der Waals surface area contributed by atoms with Crippen molar-refractivity contribution in [1.29, 1.82) is 0 Å². The highest BCUT2D eigenvalue weighted by atomic mass is 35.5. The molecule has 0 aliphatic carbocycles. The second-order valence-electron chi connectivity index (χ2n) is 3.38. The van der Waals surface area contributed by atoms with Gasteiger partial charge in [0, 0.05) is 23.8 Å². The number of hydrogen-bond donors (Lipinski definition) is 1. The van der Waals surface area contributed by atoms with E-state index in [4.69, 9.17) is 27.9 Å². The second-order valence-corrected chi connectivity index (χ2v) is 4.22. The highest BCUT2D eigenvalue weighted by Crippen LogP contribution is 2.22. The molecule has 0 aliphatic heterocycles. The fourth-order valence-electron chi connectivity index (χ4n) is 1.30. The van der Waals surface area contributed by atoms with E-state index < -0.39 is 6.10 Å². The van der Waals surface area contributed by atoms with Gasteiger partial charge in [-0.1, -0.05) is 29.3 Å². The van der Waals surface area contributed by atoms with Crippen molar-refractivity contribution in [2.24, 2.45) is 0 Å². The van der Waals surface area contributed by atoms with Gasteiger partial charge in [-0.25, -0.2) is 0 Å². The molecule has 1 rings (SSSR count). The number of benzene rings is 1. The molecule has 1 aromatic rings. The summed E-state index contributed by atoms with van der Waals surface area (Å²) in [5.74, 6) is 0. The predicted molar refractivity (Wildman–Crippen MR) is 62.7 cm³/mol. The van der Waals surface area contributed by atoms with E-state index in [1.165, 1.54) is 0 Å². The molecule has 1 atom stereocenters. The van der Waals surface area contributed by atoms with Crippen molar-refractivity contribution in [1.82, 2.24) is 0 Å². The van der Waals surface area contributed by atoms with Crippen LogP contribution in [0.25, 0.3) is 0 Å². The Labute approximate surface area is 99.8 Å². The first-order chi connectivity index (χ1) is 7.13. The number of hydrogen-bond acceptors (Lipinski definition) is 2. The number of aliphatic hydroxyl groups excluding tert-OH is 1. The van der Waals surface area contributed by atoms with E-state index in [0.29, 0.717) is 29.5 Å². The Kier molecular flexibility index (Phi) is 5.40. The minimum Gasteiger partial charge on any atom is -0.393 e. The Bertz CT molecular complexity index is 315. The maximum Gasteiger partial charge on any atom is 0.0603 e. The molecule has 1 unspecified atom stereocenters. The molecule has 0 fully saturated rings. The molecule has 15 heavy (non-hydrogen) atoms. The van der Waals surface area contributed by atoms with E-state index in [-0.39, 0.29) is 0 Å². The first-order valence-electron chi connectivity index (χ1n) is 4.74. The summed E-state index contributed by atoms with van der Waals surface area (Å²) in [6.07, 6.45) is 0.707. The summed E-state index contributed by atoms with van der Waals surface area (Å²) < 4.78 is 4.89. The van der Waals surface area contributed by atoms with Crippen LogP contribution in [0.2, 0.25) is 10.0 Å². The zero-order valence-corrected chi connectivity index (χ0v) is 10.1. The van der Waals surface area contributed by atoms with Crippen LogP contribution in [-0.4, -0.2) is 24.9 Å². The summed E-state index contributed by atoms with van der Waals surface area (Å²) in [5.41, 5.74) is 0.907. The first kappa shape index (κ1) is 12.8. The molecule has 0 amide bonds. The Morgan fingerprint density at radius 2 is 2.13 bits per heavy atom. The molecule has 0 spiro atoms. The van der Waals surface area contributed by atoms with Crippen LogP contribution in [0.1, 0.15) is 12.0 Å². The Hall–Kier alpha value is -0.280. The highest BCUT2D eigenvalue weighted by molar-refractivity contribution is 6.35. The molecule has 0 aromatic heterocycles. The van der Waals surface area contributed by atoms with Crippen molar-refractivity contribution in [2.45, 2.75) is 18.9 Å². The molecular formula is C11H14Cl2O2. The van der Waals surface area contributed by atoms with Gasteiger partial charge in [0.15, 0.2) is 0 Å². The monoisotopic (exact) mass is 248 g/mol. The van der Waals surface area contributed by atoms with Crippen LogP contribution >= 0.6 is 23.2 Å². The molecule has 1 N–H and O–H groups in total. The summed E-state index contributed by atoms with van der Waals surface area (Å²) in [6.45, 7) is 0.548. The topological polar surface area (TPSA) is 29.5 Å². The third kappa shape index (κ3) is 4.39. The summed E-state index contributed by atoms with van der Waals surface area (Å²) in [6, 6.07) is 5.29. The molecule has 0 saturated carbocycles. The van der Waals surface area contributed by atoms with Gasteiger partial charge in [-0.05, 0) is 30.5 Å². The van der Waals surface area contributed by atoms with Gasteiger partial charge in [0.2, 0.25) is 0 Å². The smallest absolute Gasteiger partial charge is 0.0603 e. The van der Waals surface area contributed by atoms with Crippen molar-refractivity contribution in [3.63, 3.8) is 0 Å². The van der Waals surface area contributed by atoms with Gasteiger partial charge in [0.1, 0.15) is 0 Å². The van der Waals surface area contributed by atoms with Crippen molar-refractivity contribution in [3.8, 4) is 0 Å². The van der Waals surface area contributed by atoms with Gasteiger partial charge >= 0.3 is 0 Å². The average Bonchev–Trinajstić information content (AvgIpc) is 2.19. The summed E-state index contributed by atoms with van der Waals surface area (Å²) >= 11 is 11.8. The van der Waals surface area contributed by atoms with Crippen LogP contribution in [0.3, 0.4) is 0 Å². The van der Waals surface area contributed by atoms with Crippen LogP contribution in [0.5, 0.6) is 0 Å². The summed E-state index contributed by atoms with van der Waals surface area (Å²) in [5, 5.41) is 10.9. The van der Waals surface area contributed by atoms with Crippen LogP contribution in [-0.2, 0) is 11.2 Å². The summed E-state index contributed by atoms with van der Waals surface area (Å²) in [7, 11) is 1.61. The van der Waals surface area contributed by atoms with Gasteiger partial charge in [0.25, 0.3) is 0 Å². The highest BCUT2D eigenvalue weighted by Gasteiger charge is 2.08. The number of rotatable bonds is 5. The Balaban J connectivity index is 2.56. The predicted octanol–water partition coefficient (Wildman–Crippen LogP) is 2.93. The fraction of sp³-hybridized carbons (Fsp3) is 0.455. The number of ether oxygens (including phenoxy) is 1. The van der Waals surface area contributed by atoms with E-state index in [2.05, 4.69) is 0 Å². The third-order valence-corrected chi connectivity index (χ3v) is 2.71. The lowest BCUT2D eigenvalue weighted by Crippen LogP contribution is -2.13. The van der Waals surface area contributed by atoms with Gasteiger partial charge in [-0.3, -0.25) is 0 Å². The van der Waals surface area contributed by atoms with Crippen LogP contribution in [0.15, 0.2) is 18.2 Å². The fourth-order valence-corrected chi connectivity index (χ4v) is 1.78. The first-order valence-corrected chi connectivity index (χ1v) is 5.50. The lowest BCUT2D eigenvalue weighted by molar-refractivity contribution is 0.110. The molecule has 0 saturated heterocycles. The third-order valence-electron chi connectivity index (χ3n) is 2.13. The largest absolute Gasteiger partial charge is 0.393 e. The normalized spacial score (nSPS) is 12.8. The van der Waals surface area contributed by atoms with Crippen molar-refractivity contribution in [3.05, 3.63) is 33.8 Å².